The van der Waals surface area contributed by atoms with Gasteiger partial charge in [0, 0.05) is 6.54 Å². The summed E-state index contributed by atoms with van der Waals surface area (Å²) in [6.07, 6.45) is 0.327. The van der Waals surface area contributed by atoms with Gasteiger partial charge in [-0.15, -0.1) is 0 Å². The van der Waals surface area contributed by atoms with Crippen LogP contribution in [0.1, 0.15) is 32.8 Å². The van der Waals surface area contributed by atoms with Crippen LogP contribution in [0.4, 0.5) is 4.79 Å². The minimum absolute atomic E-state index is 0.394. The molecule has 1 amide bonds. The summed E-state index contributed by atoms with van der Waals surface area (Å²) in [7, 11) is 0. The minimum Gasteiger partial charge on any atom is -0.492 e. The predicted molar refractivity (Wildman–Crippen MR) is 83.2 cm³/mol. The Kier molecular flexibility index (Phi) is 6.33. The van der Waals surface area contributed by atoms with Crippen LogP contribution in [-0.4, -0.2) is 24.8 Å². The summed E-state index contributed by atoms with van der Waals surface area (Å²) in [4.78, 5) is 11.4. The van der Waals surface area contributed by atoms with E-state index in [0.717, 1.165) is 16.6 Å². The van der Waals surface area contributed by atoms with E-state index in [-0.39, 0.29) is 0 Å². The Morgan fingerprint density at radius 1 is 1.35 bits per heavy atom. The summed E-state index contributed by atoms with van der Waals surface area (Å²) in [5, 5.41) is 2.70. The van der Waals surface area contributed by atoms with Crippen molar-refractivity contribution in [3.63, 3.8) is 0 Å². The number of aryl methyl sites for hydroxylation is 1. The first-order valence-electron chi connectivity index (χ1n) is 6.64. The molecule has 0 heterocycles. The number of nitrogens with one attached hydrogen (secondary N) is 1. The van der Waals surface area contributed by atoms with E-state index in [4.69, 9.17) is 9.47 Å². The summed E-state index contributed by atoms with van der Waals surface area (Å²) in [5.41, 5.74) is 0.712. The van der Waals surface area contributed by atoms with E-state index in [1.165, 1.54) is 5.56 Å². The third-order valence-corrected chi connectivity index (χ3v) is 2.95. The van der Waals surface area contributed by atoms with Gasteiger partial charge in [-0.2, -0.15) is 0 Å². The van der Waals surface area contributed by atoms with Crippen LogP contribution in [-0.2, 0) is 4.74 Å². The van der Waals surface area contributed by atoms with Crippen LogP contribution >= 0.6 is 15.9 Å². The third-order valence-electron chi connectivity index (χ3n) is 2.33. The fourth-order valence-electron chi connectivity index (χ4n) is 1.48. The van der Waals surface area contributed by atoms with E-state index in [1.54, 1.807) is 0 Å². The normalized spacial score (nSPS) is 11.1. The molecule has 1 rings (SSSR count). The third kappa shape index (κ3) is 6.80. The van der Waals surface area contributed by atoms with Gasteiger partial charge in [-0.3, -0.25) is 0 Å². The lowest BCUT2D eigenvalue weighted by atomic mass is 10.2. The molecule has 0 radical (unpaired) electrons. The Morgan fingerprint density at radius 2 is 2.05 bits per heavy atom. The lowest BCUT2D eigenvalue weighted by molar-refractivity contribution is 0.0525. The zero-order valence-corrected chi connectivity index (χ0v) is 14.0. The maximum Gasteiger partial charge on any atom is 0.407 e. The number of hydrogen-bond donors (Lipinski definition) is 1. The molecule has 0 saturated carbocycles. The van der Waals surface area contributed by atoms with Gasteiger partial charge >= 0.3 is 6.09 Å². The standard InChI is InChI=1S/C15H22BrNO3/c1-11-6-7-13(12(16)10-11)19-9-5-8-17-14(18)20-15(2,3)4/h6-7,10H,5,8-9H2,1-4H3,(H,17,18). The maximum absolute atomic E-state index is 11.4. The number of benzene rings is 1. The van der Waals surface area contributed by atoms with Crippen LogP contribution in [0.2, 0.25) is 0 Å². The van der Waals surface area contributed by atoms with Crippen molar-refractivity contribution in [1.82, 2.24) is 5.32 Å². The molecule has 0 aromatic heterocycles. The van der Waals surface area contributed by atoms with Crippen molar-refractivity contribution >= 4 is 22.0 Å². The van der Waals surface area contributed by atoms with Gasteiger partial charge in [0.25, 0.3) is 0 Å². The van der Waals surface area contributed by atoms with Gasteiger partial charge in [0.05, 0.1) is 11.1 Å². The van der Waals surface area contributed by atoms with Gasteiger partial charge in [0.1, 0.15) is 11.4 Å². The summed E-state index contributed by atoms with van der Waals surface area (Å²) < 4.78 is 11.7. The highest BCUT2D eigenvalue weighted by atomic mass is 79.9. The van der Waals surface area contributed by atoms with Crippen molar-refractivity contribution in [3.8, 4) is 5.75 Å². The molecule has 0 fully saturated rings. The number of carbonyl (C=O) groups excluding carboxylic acids is 1. The maximum atomic E-state index is 11.4. The van der Waals surface area contributed by atoms with Crippen molar-refractivity contribution in [3.05, 3.63) is 28.2 Å². The number of rotatable bonds is 5. The Hall–Kier alpha value is -1.23. The molecule has 0 aliphatic carbocycles. The lowest BCUT2D eigenvalue weighted by Gasteiger charge is -2.19. The molecule has 4 nitrogen and oxygen atoms in total. The first-order valence-corrected chi connectivity index (χ1v) is 7.43. The van der Waals surface area contributed by atoms with Crippen LogP contribution in [0.3, 0.4) is 0 Å². The fourth-order valence-corrected chi connectivity index (χ4v) is 2.09. The number of hydrogen-bond acceptors (Lipinski definition) is 3. The van der Waals surface area contributed by atoms with Crippen molar-refractivity contribution in [1.29, 1.82) is 0 Å². The molecule has 0 aliphatic heterocycles. The molecule has 1 N–H and O–H groups in total. The molecular formula is C15H22BrNO3. The van der Waals surface area contributed by atoms with Crippen LogP contribution in [0, 0.1) is 6.92 Å². The van der Waals surface area contributed by atoms with Crippen molar-refractivity contribution in [2.24, 2.45) is 0 Å². The van der Waals surface area contributed by atoms with Crippen molar-refractivity contribution in [2.75, 3.05) is 13.2 Å². The number of amides is 1. The van der Waals surface area contributed by atoms with Crippen LogP contribution in [0.25, 0.3) is 0 Å². The molecule has 1 aromatic rings. The molecule has 112 valence electrons. The zero-order chi connectivity index (χ0) is 15.2. The van der Waals surface area contributed by atoms with Gasteiger partial charge in [0.15, 0.2) is 0 Å². The molecule has 0 atom stereocenters. The highest BCUT2D eigenvalue weighted by Gasteiger charge is 2.15. The quantitative estimate of drug-likeness (QED) is 0.820. The van der Waals surface area contributed by atoms with E-state index >= 15 is 0 Å². The van der Waals surface area contributed by atoms with Gasteiger partial charge in [-0.1, -0.05) is 6.07 Å². The predicted octanol–water partition coefficient (Wildman–Crippen LogP) is 4.05. The Bertz CT molecular complexity index is 455. The first-order chi connectivity index (χ1) is 9.28. The summed E-state index contributed by atoms with van der Waals surface area (Å²) >= 11 is 3.46. The molecule has 1 aromatic carbocycles. The van der Waals surface area contributed by atoms with Crippen molar-refractivity contribution < 1.29 is 14.3 Å². The van der Waals surface area contributed by atoms with Crippen LogP contribution in [0.15, 0.2) is 22.7 Å². The molecule has 0 spiro atoms. The SMILES string of the molecule is Cc1ccc(OCCCNC(=O)OC(C)(C)C)c(Br)c1. The van der Waals surface area contributed by atoms with E-state index in [2.05, 4.69) is 21.2 Å². The highest BCUT2D eigenvalue weighted by Crippen LogP contribution is 2.25. The zero-order valence-electron chi connectivity index (χ0n) is 12.5. The molecule has 0 saturated heterocycles. The Labute approximate surface area is 129 Å². The minimum atomic E-state index is -0.465. The van der Waals surface area contributed by atoms with Crippen LogP contribution in [0.5, 0.6) is 5.75 Å². The molecule has 0 bridgehead atoms. The number of halogens is 1. The lowest BCUT2D eigenvalue weighted by Crippen LogP contribution is -2.33. The van der Waals surface area contributed by atoms with Gasteiger partial charge in [0.2, 0.25) is 0 Å². The molecule has 20 heavy (non-hydrogen) atoms. The Morgan fingerprint density at radius 3 is 2.65 bits per heavy atom. The largest absolute Gasteiger partial charge is 0.492 e. The molecular weight excluding hydrogens is 322 g/mol. The monoisotopic (exact) mass is 343 g/mol. The summed E-state index contributed by atoms with van der Waals surface area (Å²) in [5.74, 6) is 0.813. The second-order valence-corrected chi connectivity index (χ2v) is 6.42. The smallest absolute Gasteiger partial charge is 0.407 e. The van der Waals surface area contributed by atoms with E-state index < -0.39 is 11.7 Å². The van der Waals surface area contributed by atoms with E-state index in [0.29, 0.717) is 13.2 Å². The fraction of sp³-hybridized carbons (Fsp3) is 0.533. The summed E-state index contributed by atoms with van der Waals surface area (Å²) in [6, 6.07) is 5.94. The van der Waals surface area contributed by atoms with Gasteiger partial charge in [-0.05, 0) is 67.7 Å². The average Bonchev–Trinajstić information content (AvgIpc) is 2.28. The number of ether oxygens (including phenoxy) is 2. The first kappa shape index (κ1) is 16.8. The van der Waals surface area contributed by atoms with E-state index in [1.807, 2.05) is 45.9 Å². The average molecular weight is 344 g/mol. The van der Waals surface area contributed by atoms with Crippen molar-refractivity contribution in [2.45, 2.75) is 39.7 Å². The topological polar surface area (TPSA) is 47.6 Å². The van der Waals surface area contributed by atoms with Gasteiger partial charge < -0.3 is 14.8 Å². The summed E-state index contributed by atoms with van der Waals surface area (Å²) in [6.45, 7) is 8.61. The van der Waals surface area contributed by atoms with Gasteiger partial charge in [-0.25, -0.2) is 4.79 Å². The highest BCUT2D eigenvalue weighted by molar-refractivity contribution is 9.10. The Balaban J connectivity index is 2.21. The second kappa shape index (κ2) is 7.53. The molecule has 0 aliphatic rings. The molecule has 5 heteroatoms. The van der Waals surface area contributed by atoms with E-state index in [9.17, 15) is 4.79 Å². The van der Waals surface area contributed by atoms with Crippen LogP contribution < -0.4 is 10.1 Å². The second-order valence-electron chi connectivity index (χ2n) is 5.56. The number of alkyl carbamates (subject to hydrolysis) is 1. The number of carbonyl (C=O) groups is 1. The molecule has 0 unspecified atom stereocenters.